The fourth-order valence-electron chi connectivity index (χ4n) is 5.68. The summed E-state index contributed by atoms with van der Waals surface area (Å²) in [5, 5.41) is 53.7. The number of hydrogen-bond donors (Lipinski definition) is 5. The van der Waals surface area contributed by atoms with Gasteiger partial charge in [0.15, 0.2) is 5.78 Å². The first kappa shape index (κ1) is 29.4. The minimum Gasteiger partial charge on any atom is -0.478 e. The lowest BCUT2D eigenvalue weighted by Crippen LogP contribution is -2.39. The highest BCUT2D eigenvalue weighted by atomic mass is 16.6. The maximum Gasteiger partial charge on any atom is 0.345 e. The molecule has 0 fully saturated rings. The monoisotopic (exact) mass is 534 g/mol. The smallest absolute Gasteiger partial charge is 0.345 e. The number of ether oxygens (including phenoxy) is 1. The lowest BCUT2D eigenvalue weighted by atomic mass is 9.77. The minimum atomic E-state index is -2.04. The first-order valence-corrected chi connectivity index (χ1v) is 12.9. The number of carbonyl (C=O) groups excluding carboxylic acids is 3. The topological polar surface area (TPSA) is 196 Å². The molecule has 0 saturated heterocycles. The van der Waals surface area contributed by atoms with Gasteiger partial charge in [-0.15, -0.1) is 0 Å². The van der Waals surface area contributed by atoms with Crippen molar-refractivity contribution in [3.63, 3.8) is 0 Å². The highest BCUT2D eigenvalue weighted by Crippen LogP contribution is 2.41. The van der Waals surface area contributed by atoms with Crippen molar-refractivity contribution in [2.45, 2.75) is 83.0 Å². The second-order valence-electron chi connectivity index (χ2n) is 10.2. The Labute approximate surface area is 219 Å². The van der Waals surface area contributed by atoms with E-state index in [4.69, 9.17) is 4.74 Å². The molecule has 11 heteroatoms. The molecule has 6 atom stereocenters. The molecule has 2 aliphatic carbocycles. The molecule has 0 aromatic carbocycles. The van der Waals surface area contributed by atoms with Crippen LogP contribution in [-0.2, 0) is 28.7 Å². The molecule has 0 aromatic rings. The van der Waals surface area contributed by atoms with E-state index >= 15 is 0 Å². The number of carbonyl (C=O) groups is 5. The fourth-order valence-corrected chi connectivity index (χ4v) is 5.68. The van der Waals surface area contributed by atoms with Crippen LogP contribution in [0.5, 0.6) is 0 Å². The van der Waals surface area contributed by atoms with Crippen molar-refractivity contribution in [3.05, 3.63) is 34.4 Å². The SMILES string of the molecule is CCCCCC[C@H](O)[C@@H]1/C(C(=O)O)=C(/C(=O)O)C[C@H]([C@@H](O)[C@H]2CC=CC(=O)C2)CC2=C(C(=O)OC2=O)[C@H]1O. The summed E-state index contributed by atoms with van der Waals surface area (Å²) in [5.41, 5.74) is -2.30. The number of allylic oxidation sites excluding steroid dienone is 2. The number of aliphatic hydroxyl groups excluding tert-OH is 3. The van der Waals surface area contributed by atoms with Gasteiger partial charge in [0, 0.05) is 17.9 Å². The minimum absolute atomic E-state index is 0.0135. The van der Waals surface area contributed by atoms with Gasteiger partial charge >= 0.3 is 23.9 Å². The Balaban J connectivity index is 2.16. The Kier molecular flexibility index (Phi) is 9.75. The number of esters is 2. The number of ketones is 1. The summed E-state index contributed by atoms with van der Waals surface area (Å²) in [4.78, 5) is 62.1. The number of cyclic esters (lactones) is 2. The van der Waals surface area contributed by atoms with Gasteiger partial charge in [-0.25, -0.2) is 19.2 Å². The van der Waals surface area contributed by atoms with Gasteiger partial charge in [-0.05, 0) is 43.6 Å². The molecule has 0 amide bonds. The molecule has 0 aromatic heterocycles. The number of hydrogen-bond acceptors (Lipinski definition) is 9. The highest BCUT2D eigenvalue weighted by molar-refractivity contribution is 6.13. The van der Waals surface area contributed by atoms with Crippen molar-refractivity contribution in [1.29, 1.82) is 0 Å². The fraction of sp³-hybridized carbons (Fsp3) is 0.593. The van der Waals surface area contributed by atoms with Gasteiger partial charge in [0.05, 0.1) is 35.0 Å². The molecule has 0 radical (unpaired) electrons. The summed E-state index contributed by atoms with van der Waals surface area (Å²) in [6, 6.07) is 0. The number of carboxylic acids is 2. The van der Waals surface area contributed by atoms with Crippen molar-refractivity contribution >= 4 is 29.7 Å². The number of aliphatic carboxylic acids is 2. The molecule has 11 nitrogen and oxygen atoms in total. The third-order valence-electron chi connectivity index (χ3n) is 7.63. The maximum atomic E-state index is 12.6. The predicted octanol–water partition coefficient (Wildman–Crippen LogP) is 1.45. The van der Waals surface area contributed by atoms with Gasteiger partial charge in [0.1, 0.15) is 0 Å². The Morgan fingerprint density at radius 3 is 2.29 bits per heavy atom. The highest BCUT2D eigenvalue weighted by Gasteiger charge is 2.48. The van der Waals surface area contributed by atoms with Gasteiger partial charge in [-0.3, -0.25) is 4.79 Å². The molecule has 0 unspecified atom stereocenters. The zero-order valence-electron chi connectivity index (χ0n) is 21.2. The molecule has 38 heavy (non-hydrogen) atoms. The Morgan fingerprint density at radius 1 is 0.974 bits per heavy atom. The van der Waals surface area contributed by atoms with E-state index in [0.717, 1.165) is 12.8 Å². The van der Waals surface area contributed by atoms with E-state index in [0.29, 0.717) is 12.8 Å². The van der Waals surface area contributed by atoms with Crippen LogP contribution in [0.25, 0.3) is 0 Å². The first-order chi connectivity index (χ1) is 18.0. The van der Waals surface area contributed by atoms with Gasteiger partial charge in [0.2, 0.25) is 0 Å². The molecule has 3 rings (SSSR count). The largest absolute Gasteiger partial charge is 0.478 e. The Hall–Kier alpha value is -3.15. The number of unbranched alkanes of at least 4 members (excludes halogenated alkanes) is 3. The maximum absolute atomic E-state index is 12.6. The molecule has 0 bridgehead atoms. The third kappa shape index (κ3) is 6.28. The lowest BCUT2D eigenvalue weighted by Gasteiger charge is -2.31. The van der Waals surface area contributed by atoms with Crippen LogP contribution >= 0.6 is 0 Å². The van der Waals surface area contributed by atoms with Crippen LogP contribution in [0.15, 0.2) is 34.4 Å². The van der Waals surface area contributed by atoms with Crippen LogP contribution < -0.4 is 0 Å². The van der Waals surface area contributed by atoms with Crippen molar-refractivity contribution < 1.29 is 54.2 Å². The number of aliphatic hydroxyl groups is 3. The average molecular weight is 535 g/mol. The van der Waals surface area contributed by atoms with Gasteiger partial charge in [-0.2, -0.15) is 0 Å². The van der Waals surface area contributed by atoms with E-state index in [-0.39, 0.29) is 30.6 Å². The molecule has 1 heterocycles. The Bertz CT molecular complexity index is 1080. The van der Waals surface area contributed by atoms with Crippen molar-refractivity contribution in [3.8, 4) is 0 Å². The number of carboxylic acid groups (broad SMARTS) is 2. The lowest BCUT2D eigenvalue weighted by molar-refractivity contribution is -0.152. The van der Waals surface area contributed by atoms with Crippen LogP contribution in [0.1, 0.15) is 64.7 Å². The summed E-state index contributed by atoms with van der Waals surface area (Å²) in [5.74, 6) is -9.39. The predicted molar refractivity (Wildman–Crippen MR) is 130 cm³/mol. The molecule has 5 N–H and O–H groups in total. The quantitative estimate of drug-likeness (QED) is 0.154. The molecule has 3 aliphatic rings. The van der Waals surface area contributed by atoms with Crippen LogP contribution in [0, 0.1) is 17.8 Å². The van der Waals surface area contributed by atoms with E-state index in [1.165, 1.54) is 6.08 Å². The zero-order chi connectivity index (χ0) is 28.1. The van der Waals surface area contributed by atoms with Gasteiger partial charge < -0.3 is 30.3 Å². The Morgan fingerprint density at radius 2 is 1.68 bits per heavy atom. The van der Waals surface area contributed by atoms with Crippen LogP contribution in [0.3, 0.4) is 0 Å². The summed E-state index contributed by atoms with van der Waals surface area (Å²) in [6.07, 6.45) is 0.206. The molecule has 208 valence electrons. The summed E-state index contributed by atoms with van der Waals surface area (Å²) in [7, 11) is 0. The molecule has 0 saturated carbocycles. The van der Waals surface area contributed by atoms with E-state index in [9.17, 15) is 49.5 Å². The summed E-state index contributed by atoms with van der Waals surface area (Å²) in [6.45, 7) is 1.98. The second-order valence-corrected chi connectivity index (χ2v) is 10.2. The second kappa shape index (κ2) is 12.6. The third-order valence-corrected chi connectivity index (χ3v) is 7.63. The van der Waals surface area contributed by atoms with E-state index in [1.807, 2.05) is 6.92 Å². The van der Waals surface area contributed by atoms with E-state index in [1.54, 1.807) is 6.08 Å². The zero-order valence-corrected chi connectivity index (χ0v) is 21.2. The van der Waals surface area contributed by atoms with E-state index in [2.05, 4.69) is 0 Å². The van der Waals surface area contributed by atoms with Gasteiger partial charge in [-0.1, -0.05) is 38.7 Å². The molecule has 0 spiro atoms. The average Bonchev–Trinajstić information content (AvgIpc) is 3.16. The van der Waals surface area contributed by atoms with Crippen LogP contribution in [-0.4, -0.2) is 73.5 Å². The molecular formula is C27H34O11. The standard InChI is InChI=1S/C27H34O11/c1-2-3-4-5-9-18(29)21-19(25(34)35)16(24(32)33)11-14(22(30)13-7-6-8-15(28)10-13)12-17-20(23(21)31)27(37)38-26(17)36/h6,8,13-14,18,21-23,29-31H,2-5,7,9-12H2,1H3,(H,32,33)(H,34,35)/b19-16-/t13-,14-,18-,21+,22-,23+/m0/s1. The molecular weight excluding hydrogens is 500 g/mol. The molecule has 1 aliphatic heterocycles. The van der Waals surface area contributed by atoms with Crippen LogP contribution in [0.2, 0.25) is 0 Å². The van der Waals surface area contributed by atoms with Crippen LogP contribution in [0.4, 0.5) is 0 Å². The van der Waals surface area contributed by atoms with Gasteiger partial charge in [0.25, 0.3) is 0 Å². The first-order valence-electron chi connectivity index (χ1n) is 12.9. The number of rotatable bonds is 10. The summed E-state index contributed by atoms with van der Waals surface area (Å²) >= 11 is 0. The summed E-state index contributed by atoms with van der Waals surface area (Å²) < 4.78 is 4.71. The van der Waals surface area contributed by atoms with Crippen molar-refractivity contribution in [1.82, 2.24) is 0 Å². The van der Waals surface area contributed by atoms with E-state index < -0.39 is 89.5 Å². The van der Waals surface area contributed by atoms with Crippen molar-refractivity contribution in [2.24, 2.45) is 17.8 Å². The van der Waals surface area contributed by atoms with Crippen molar-refractivity contribution in [2.75, 3.05) is 0 Å². The normalized spacial score (nSPS) is 29.7.